The van der Waals surface area contributed by atoms with Gasteiger partial charge in [-0.3, -0.25) is 0 Å². The lowest BCUT2D eigenvalue weighted by Gasteiger charge is -2.12. The maximum Gasteiger partial charge on any atom is 0.0883 e. The van der Waals surface area contributed by atoms with Crippen LogP contribution in [0.2, 0.25) is 10.0 Å². The fourth-order valence-electron chi connectivity index (χ4n) is 1.43. The lowest BCUT2D eigenvalue weighted by Crippen LogP contribution is -1.94. The zero-order valence-electron chi connectivity index (χ0n) is 8.18. The first-order chi connectivity index (χ1) is 8.00. The van der Waals surface area contributed by atoms with Gasteiger partial charge in [-0.15, -0.1) is 22.9 Å². The van der Waals surface area contributed by atoms with Crippen molar-refractivity contribution in [3.05, 3.63) is 53.0 Å². The first-order valence-corrected chi connectivity index (χ1v) is 8.13. The van der Waals surface area contributed by atoms with Crippen molar-refractivity contribution in [2.75, 3.05) is 0 Å². The summed E-state index contributed by atoms with van der Waals surface area (Å²) in [5, 5.41) is 0.784. The van der Waals surface area contributed by atoms with Gasteiger partial charge in [0.05, 0.1) is 12.9 Å². The summed E-state index contributed by atoms with van der Waals surface area (Å²) in [5.41, 5.74) is 1.70. The van der Waals surface area contributed by atoms with E-state index >= 15 is 0 Å². The van der Waals surface area contributed by atoms with E-state index in [1.54, 1.807) is 29.5 Å². The van der Waals surface area contributed by atoms with E-state index in [0.717, 1.165) is 18.7 Å². The number of rotatable bonds is 2. The SMILES string of the molecule is Clc1cccc(Cl)c1C(Cl)c1cc(Br)sc1Br. The molecule has 0 amide bonds. The number of halogens is 5. The van der Waals surface area contributed by atoms with E-state index in [4.69, 9.17) is 34.8 Å². The molecule has 2 rings (SSSR count). The van der Waals surface area contributed by atoms with Crippen LogP contribution in [0.15, 0.2) is 31.8 Å². The van der Waals surface area contributed by atoms with Crippen LogP contribution < -0.4 is 0 Å². The van der Waals surface area contributed by atoms with Crippen LogP contribution in [-0.2, 0) is 0 Å². The topological polar surface area (TPSA) is 0 Å². The molecule has 1 aromatic heterocycles. The molecule has 1 aromatic carbocycles. The van der Waals surface area contributed by atoms with Crippen LogP contribution in [0.25, 0.3) is 0 Å². The van der Waals surface area contributed by atoms with E-state index < -0.39 is 0 Å². The van der Waals surface area contributed by atoms with Crippen LogP contribution >= 0.6 is 78.0 Å². The van der Waals surface area contributed by atoms with Gasteiger partial charge in [0.2, 0.25) is 0 Å². The maximum absolute atomic E-state index is 6.45. The minimum absolute atomic E-state index is 0.367. The third-order valence-corrected chi connectivity index (χ3v) is 5.71. The largest absolute Gasteiger partial charge is 0.121 e. The molecule has 6 heteroatoms. The van der Waals surface area contributed by atoms with Crippen molar-refractivity contribution in [2.24, 2.45) is 0 Å². The fraction of sp³-hybridized carbons (Fsp3) is 0.0909. The van der Waals surface area contributed by atoms with Crippen LogP contribution in [-0.4, -0.2) is 0 Å². The quantitative estimate of drug-likeness (QED) is 0.450. The molecule has 0 N–H and O–H groups in total. The Morgan fingerprint density at radius 3 is 2.18 bits per heavy atom. The average Bonchev–Trinajstić information content (AvgIpc) is 2.57. The standard InChI is InChI=1S/C11H5Br2Cl3S/c12-8-4-5(11(13)17-8)10(16)9-6(14)2-1-3-7(9)15/h1-4,10H. The summed E-state index contributed by atoms with van der Waals surface area (Å²) in [6.45, 7) is 0. The minimum atomic E-state index is -0.367. The molecule has 0 radical (unpaired) electrons. The van der Waals surface area contributed by atoms with E-state index in [1.165, 1.54) is 0 Å². The van der Waals surface area contributed by atoms with Crippen LogP contribution in [0.5, 0.6) is 0 Å². The van der Waals surface area contributed by atoms with Gasteiger partial charge in [0, 0.05) is 21.2 Å². The number of alkyl halides is 1. The van der Waals surface area contributed by atoms with E-state index in [1.807, 2.05) is 6.07 Å². The molecule has 0 aliphatic rings. The summed E-state index contributed by atoms with van der Waals surface area (Å²) in [5.74, 6) is 0. The van der Waals surface area contributed by atoms with Crippen LogP contribution in [0.1, 0.15) is 16.5 Å². The molecule has 1 unspecified atom stereocenters. The molecule has 0 saturated carbocycles. The number of thiophene rings is 1. The second-order valence-electron chi connectivity index (χ2n) is 3.28. The van der Waals surface area contributed by atoms with Crippen molar-refractivity contribution in [1.29, 1.82) is 0 Å². The van der Waals surface area contributed by atoms with Gasteiger partial charge in [-0.05, 0) is 50.1 Å². The van der Waals surface area contributed by atoms with E-state index in [-0.39, 0.29) is 5.38 Å². The van der Waals surface area contributed by atoms with Crippen LogP contribution in [0.4, 0.5) is 0 Å². The third-order valence-electron chi connectivity index (χ3n) is 2.21. The lowest BCUT2D eigenvalue weighted by atomic mass is 10.1. The number of hydrogen-bond acceptors (Lipinski definition) is 1. The Kier molecular flexibility index (Phi) is 4.84. The van der Waals surface area contributed by atoms with Gasteiger partial charge in [-0.25, -0.2) is 0 Å². The van der Waals surface area contributed by atoms with Gasteiger partial charge < -0.3 is 0 Å². The Hall–Kier alpha value is 0.750. The highest BCUT2D eigenvalue weighted by atomic mass is 79.9. The predicted octanol–water partition coefficient (Wildman–Crippen LogP) is 6.91. The van der Waals surface area contributed by atoms with E-state index in [0.29, 0.717) is 10.0 Å². The van der Waals surface area contributed by atoms with E-state index in [9.17, 15) is 0 Å². The van der Waals surface area contributed by atoms with Crippen molar-refractivity contribution in [2.45, 2.75) is 5.38 Å². The first kappa shape index (κ1) is 14.2. The van der Waals surface area contributed by atoms with Crippen molar-refractivity contribution in [3.63, 3.8) is 0 Å². The molecular formula is C11H5Br2Cl3S. The molecule has 0 bridgehead atoms. The van der Waals surface area contributed by atoms with E-state index in [2.05, 4.69) is 31.9 Å². The molecule has 0 spiro atoms. The summed E-state index contributed by atoms with van der Waals surface area (Å²) in [7, 11) is 0. The first-order valence-electron chi connectivity index (χ1n) is 4.53. The number of hydrogen-bond donors (Lipinski definition) is 0. The monoisotopic (exact) mass is 432 g/mol. The predicted molar refractivity (Wildman–Crippen MR) is 83.9 cm³/mol. The Labute approximate surface area is 135 Å². The van der Waals surface area contributed by atoms with Crippen LogP contribution in [0, 0.1) is 0 Å². The van der Waals surface area contributed by atoms with Gasteiger partial charge in [0.1, 0.15) is 0 Å². The average molecular weight is 435 g/mol. The Morgan fingerprint density at radius 1 is 1.12 bits per heavy atom. The molecule has 17 heavy (non-hydrogen) atoms. The summed E-state index contributed by atoms with van der Waals surface area (Å²) in [6.07, 6.45) is 0. The second kappa shape index (κ2) is 5.81. The third kappa shape index (κ3) is 3.02. The Balaban J connectivity index is 2.51. The highest BCUT2D eigenvalue weighted by Gasteiger charge is 2.21. The molecule has 1 atom stereocenters. The van der Waals surface area contributed by atoms with Gasteiger partial charge in [0.25, 0.3) is 0 Å². The fourth-order valence-corrected chi connectivity index (χ4v) is 5.67. The molecule has 0 saturated heterocycles. The smallest absolute Gasteiger partial charge is 0.0883 e. The number of benzene rings is 1. The molecular weight excluding hydrogens is 430 g/mol. The van der Waals surface area contributed by atoms with Crippen molar-refractivity contribution < 1.29 is 0 Å². The summed E-state index contributed by atoms with van der Waals surface area (Å²) in [6, 6.07) is 7.34. The molecule has 2 aromatic rings. The highest BCUT2D eigenvalue weighted by Crippen LogP contribution is 2.44. The molecule has 0 aliphatic carbocycles. The van der Waals surface area contributed by atoms with Gasteiger partial charge in [-0.1, -0.05) is 29.3 Å². The van der Waals surface area contributed by atoms with Gasteiger partial charge >= 0.3 is 0 Å². The van der Waals surface area contributed by atoms with Crippen molar-refractivity contribution in [1.82, 2.24) is 0 Å². The highest BCUT2D eigenvalue weighted by molar-refractivity contribution is 9.12. The molecule has 90 valence electrons. The molecule has 0 nitrogen and oxygen atoms in total. The summed E-state index contributed by atoms with van der Waals surface area (Å²) >= 11 is 27.2. The zero-order chi connectivity index (χ0) is 12.6. The molecule has 0 aliphatic heterocycles. The summed E-state index contributed by atoms with van der Waals surface area (Å²) in [4.78, 5) is 0. The summed E-state index contributed by atoms with van der Waals surface area (Å²) < 4.78 is 1.98. The molecule has 1 heterocycles. The van der Waals surface area contributed by atoms with Gasteiger partial charge in [0.15, 0.2) is 0 Å². The van der Waals surface area contributed by atoms with Crippen LogP contribution in [0.3, 0.4) is 0 Å². The second-order valence-corrected chi connectivity index (χ2v) is 8.28. The van der Waals surface area contributed by atoms with Crippen molar-refractivity contribution >= 4 is 78.0 Å². The Bertz CT molecular complexity index is 533. The van der Waals surface area contributed by atoms with Crippen molar-refractivity contribution in [3.8, 4) is 0 Å². The van der Waals surface area contributed by atoms with Gasteiger partial charge in [-0.2, -0.15) is 0 Å². The normalized spacial score (nSPS) is 12.8. The zero-order valence-corrected chi connectivity index (χ0v) is 14.4. The molecule has 0 fully saturated rings. The lowest BCUT2D eigenvalue weighted by molar-refractivity contribution is 1.15. The minimum Gasteiger partial charge on any atom is -0.121 e. The maximum atomic E-state index is 6.45. The Morgan fingerprint density at radius 2 is 1.71 bits per heavy atom.